The molecule has 1 atom stereocenters. The quantitative estimate of drug-likeness (QED) is 0.836. The van der Waals surface area contributed by atoms with E-state index in [4.69, 9.17) is 11.5 Å². The second kappa shape index (κ2) is 5.35. The molecule has 0 saturated carbocycles. The average molecular weight is 296 g/mol. The third-order valence-electron chi connectivity index (χ3n) is 2.65. The van der Waals surface area contributed by atoms with Gasteiger partial charge in [-0.2, -0.15) is 13.2 Å². The number of rotatable bonds is 4. The summed E-state index contributed by atoms with van der Waals surface area (Å²) in [6.45, 7) is 0.486. The third kappa shape index (κ3) is 4.16. The molecule has 1 amide bonds. The highest BCUT2D eigenvalue weighted by atomic mass is 19.4. The molecule has 20 heavy (non-hydrogen) atoms. The van der Waals surface area contributed by atoms with Crippen LogP contribution in [0.25, 0.3) is 0 Å². The van der Waals surface area contributed by atoms with Crippen molar-refractivity contribution in [3.63, 3.8) is 0 Å². The molecular weight excluding hydrogens is 283 g/mol. The molecule has 1 rings (SSSR count). The van der Waals surface area contributed by atoms with E-state index >= 15 is 0 Å². The Labute approximate surface area is 111 Å². The summed E-state index contributed by atoms with van der Waals surface area (Å²) >= 11 is 0. The molecule has 0 aliphatic rings. The number of alkyl halides is 5. The molecule has 1 aromatic rings. The Morgan fingerprint density at radius 1 is 1.15 bits per heavy atom. The van der Waals surface area contributed by atoms with Gasteiger partial charge in [0.15, 0.2) is 0 Å². The molecule has 1 unspecified atom stereocenters. The minimum Gasteiger partial charge on any atom is -0.368 e. The van der Waals surface area contributed by atoms with Crippen LogP contribution in [-0.4, -0.2) is 11.9 Å². The Hall–Kier alpha value is -1.70. The fourth-order valence-electron chi connectivity index (χ4n) is 1.58. The van der Waals surface area contributed by atoms with Gasteiger partial charge in [-0.1, -0.05) is 0 Å². The summed E-state index contributed by atoms with van der Waals surface area (Å²) in [4.78, 5) is 10.8. The third-order valence-corrected chi connectivity index (χ3v) is 2.65. The molecule has 0 fully saturated rings. The van der Waals surface area contributed by atoms with Crippen LogP contribution in [0.5, 0.6) is 0 Å². The predicted molar refractivity (Wildman–Crippen MR) is 61.9 cm³/mol. The Bertz CT molecular complexity index is 475. The first-order valence-corrected chi connectivity index (χ1v) is 5.55. The Kier molecular flexibility index (Phi) is 4.38. The zero-order valence-electron chi connectivity index (χ0n) is 10.5. The summed E-state index contributed by atoms with van der Waals surface area (Å²) in [5.41, 5.74) is 8.09. The van der Waals surface area contributed by atoms with Crippen molar-refractivity contribution in [2.75, 3.05) is 0 Å². The molecular formula is C12H13F5N2O. The SMILES string of the molecule is CC(F)(F)c1cc(CC(N)C(N)=O)cc(C(F)(F)F)c1. The highest BCUT2D eigenvalue weighted by Gasteiger charge is 2.34. The topological polar surface area (TPSA) is 69.1 Å². The van der Waals surface area contributed by atoms with Crippen LogP contribution in [0.15, 0.2) is 18.2 Å². The first-order valence-electron chi connectivity index (χ1n) is 5.55. The number of benzene rings is 1. The molecule has 0 bridgehead atoms. The Balaban J connectivity index is 3.28. The van der Waals surface area contributed by atoms with Gasteiger partial charge in [-0.15, -0.1) is 0 Å². The lowest BCUT2D eigenvalue weighted by atomic mass is 9.97. The fourth-order valence-corrected chi connectivity index (χ4v) is 1.58. The van der Waals surface area contributed by atoms with E-state index in [0.29, 0.717) is 19.1 Å². The van der Waals surface area contributed by atoms with Crippen molar-refractivity contribution in [3.05, 3.63) is 34.9 Å². The van der Waals surface area contributed by atoms with Gasteiger partial charge in [0.05, 0.1) is 11.6 Å². The van der Waals surface area contributed by atoms with E-state index in [1.807, 2.05) is 0 Å². The highest BCUT2D eigenvalue weighted by molar-refractivity contribution is 5.79. The minimum absolute atomic E-state index is 0.123. The van der Waals surface area contributed by atoms with Gasteiger partial charge >= 0.3 is 6.18 Å². The highest BCUT2D eigenvalue weighted by Crippen LogP contribution is 2.35. The first kappa shape index (κ1) is 16.4. The molecule has 0 radical (unpaired) electrons. The summed E-state index contributed by atoms with van der Waals surface area (Å²) in [5, 5.41) is 0. The maximum Gasteiger partial charge on any atom is 0.416 e. The largest absolute Gasteiger partial charge is 0.416 e. The second-order valence-electron chi connectivity index (χ2n) is 4.52. The van der Waals surface area contributed by atoms with E-state index in [0.717, 1.165) is 6.07 Å². The molecule has 3 nitrogen and oxygen atoms in total. The molecule has 0 aliphatic heterocycles. The van der Waals surface area contributed by atoms with Crippen molar-refractivity contribution in [1.29, 1.82) is 0 Å². The average Bonchev–Trinajstić information content (AvgIpc) is 2.26. The zero-order chi connectivity index (χ0) is 15.7. The van der Waals surface area contributed by atoms with Gasteiger partial charge in [0, 0.05) is 12.5 Å². The molecule has 8 heteroatoms. The molecule has 0 spiro atoms. The molecule has 112 valence electrons. The normalized spacial score (nSPS) is 14.2. The second-order valence-corrected chi connectivity index (χ2v) is 4.52. The molecule has 0 aromatic heterocycles. The van der Waals surface area contributed by atoms with E-state index in [1.54, 1.807) is 0 Å². The van der Waals surface area contributed by atoms with E-state index in [1.165, 1.54) is 0 Å². The zero-order valence-corrected chi connectivity index (χ0v) is 10.5. The van der Waals surface area contributed by atoms with Crippen molar-refractivity contribution in [2.24, 2.45) is 11.5 Å². The smallest absolute Gasteiger partial charge is 0.368 e. The number of primary amides is 1. The standard InChI is InChI=1S/C12H13F5N2O/c1-11(13,14)7-2-6(4-9(18)10(19)20)3-8(5-7)12(15,16)17/h2-3,5,9H,4,18H2,1H3,(H2,19,20). The molecule has 0 heterocycles. The molecule has 4 N–H and O–H groups in total. The maximum atomic E-state index is 13.2. The van der Waals surface area contributed by atoms with Crippen LogP contribution in [0, 0.1) is 0 Å². The summed E-state index contributed by atoms with van der Waals surface area (Å²) in [6, 6.07) is 0.701. The van der Waals surface area contributed by atoms with Gasteiger partial charge in [0.25, 0.3) is 5.92 Å². The Morgan fingerprint density at radius 3 is 2.05 bits per heavy atom. The van der Waals surface area contributed by atoms with Gasteiger partial charge in [0.1, 0.15) is 0 Å². The lowest BCUT2D eigenvalue weighted by Gasteiger charge is -2.17. The van der Waals surface area contributed by atoms with Gasteiger partial charge in [-0.25, -0.2) is 8.78 Å². The van der Waals surface area contributed by atoms with Gasteiger partial charge in [0.2, 0.25) is 5.91 Å². The van der Waals surface area contributed by atoms with Gasteiger partial charge in [-0.3, -0.25) is 4.79 Å². The van der Waals surface area contributed by atoms with Crippen LogP contribution in [0.3, 0.4) is 0 Å². The van der Waals surface area contributed by atoms with Crippen molar-refractivity contribution >= 4 is 5.91 Å². The minimum atomic E-state index is -4.77. The summed E-state index contributed by atoms with van der Waals surface area (Å²) in [7, 11) is 0. The lowest BCUT2D eigenvalue weighted by molar-refractivity contribution is -0.137. The molecule has 1 aromatic carbocycles. The van der Waals surface area contributed by atoms with Crippen molar-refractivity contribution in [1.82, 2.24) is 0 Å². The Morgan fingerprint density at radius 2 is 1.65 bits per heavy atom. The summed E-state index contributed by atoms with van der Waals surface area (Å²) in [5.74, 6) is -4.36. The molecule has 0 aliphatic carbocycles. The number of carbonyl (C=O) groups is 1. The number of nitrogens with two attached hydrogens (primary N) is 2. The molecule has 0 saturated heterocycles. The number of halogens is 5. The van der Waals surface area contributed by atoms with E-state index in [-0.39, 0.29) is 12.0 Å². The van der Waals surface area contributed by atoms with Crippen molar-refractivity contribution in [3.8, 4) is 0 Å². The van der Waals surface area contributed by atoms with Crippen LogP contribution < -0.4 is 11.5 Å². The summed E-state index contributed by atoms with van der Waals surface area (Å²) in [6.07, 6.45) is -5.12. The van der Waals surface area contributed by atoms with Crippen LogP contribution >= 0.6 is 0 Å². The first-order chi connectivity index (χ1) is 8.91. The van der Waals surface area contributed by atoms with Gasteiger partial charge in [-0.05, 0) is 30.2 Å². The number of amides is 1. The lowest BCUT2D eigenvalue weighted by Crippen LogP contribution is -2.38. The maximum absolute atomic E-state index is 13.2. The van der Waals surface area contributed by atoms with Crippen LogP contribution in [0.4, 0.5) is 22.0 Å². The van der Waals surface area contributed by atoms with Crippen LogP contribution in [0.2, 0.25) is 0 Å². The van der Waals surface area contributed by atoms with Crippen LogP contribution in [0.1, 0.15) is 23.6 Å². The van der Waals surface area contributed by atoms with Gasteiger partial charge < -0.3 is 11.5 Å². The van der Waals surface area contributed by atoms with E-state index in [2.05, 4.69) is 0 Å². The van der Waals surface area contributed by atoms with E-state index < -0.39 is 35.2 Å². The monoisotopic (exact) mass is 296 g/mol. The number of hydrogen-bond donors (Lipinski definition) is 2. The van der Waals surface area contributed by atoms with Crippen molar-refractivity contribution < 1.29 is 26.7 Å². The summed E-state index contributed by atoms with van der Waals surface area (Å²) < 4.78 is 64.4. The fraction of sp³-hybridized carbons (Fsp3) is 0.417. The number of carbonyl (C=O) groups excluding carboxylic acids is 1. The van der Waals surface area contributed by atoms with Crippen LogP contribution in [-0.2, 0) is 23.3 Å². The van der Waals surface area contributed by atoms with Crippen molar-refractivity contribution in [2.45, 2.75) is 31.5 Å². The number of hydrogen-bond acceptors (Lipinski definition) is 2. The van der Waals surface area contributed by atoms with E-state index in [9.17, 15) is 26.7 Å². The predicted octanol–water partition coefficient (Wildman–Crippen LogP) is 2.17.